The Labute approximate surface area is 102 Å². The van der Waals surface area contributed by atoms with Crippen LogP contribution in [0.5, 0.6) is 11.5 Å². The lowest BCUT2D eigenvalue weighted by Crippen LogP contribution is -2.39. The third-order valence-electron chi connectivity index (χ3n) is 3.58. The third-order valence-corrected chi connectivity index (χ3v) is 3.58. The molecule has 0 unspecified atom stereocenters. The molecule has 92 valence electrons. The molecule has 1 aliphatic heterocycles. The van der Waals surface area contributed by atoms with Crippen LogP contribution >= 0.6 is 0 Å². The summed E-state index contributed by atoms with van der Waals surface area (Å²) in [6.07, 6.45) is 2.62. The van der Waals surface area contributed by atoms with E-state index in [0.29, 0.717) is 19.3 Å². The van der Waals surface area contributed by atoms with E-state index in [4.69, 9.17) is 9.47 Å². The maximum Gasteiger partial charge on any atom is 0.161 e. The van der Waals surface area contributed by atoms with Crippen molar-refractivity contribution >= 4 is 0 Å². The summed E-state index contributed by atoms with van der Waals surface area (Å²) in [5.74, 6) is 2.66. The van der Waals surface area contributed by atoms with Crippen LogP contribution in [0.2, 0.25) is 0 Å². The van der Waals surface area contributed by atoms with Crippen LogP contribution < -0.4 is 14.8 Å². The summed E-state index contributed by atoms with van der Waals surface area (Å²) < 4.78 is 11.1. The molecule has 1 saturated carbocycles. The van der Waals surface area contributed by atoms with E-state index in [2.05, 4.69) is 24.4 Å². The second kappa shape index (κ2) is 4.57. The number of fused-ring (bicyclic) bond motifs is 1. The SMILES string of the molecule is CC1CC(NCc2ccc3c(c2)OCCO3)C1. The molecule has 17 heavy (non-hydrogen) atoms. The number of nitrogens with one attached hydrogen (secondary N) is 1. The van der Waals surface area contributed by atoms with Crippen LogP contribution in [0.3, 0.4) is 0 Å². The Bertz CT molecular complexity index is 399. The normalized spacial score (nSPS) is 26.4. The van der Waals surface area contributed by atoms with Crippen molar-refractivity contribution in [2.75, 3.05) is 13.2 Å². The van der Waals surface area contributed by atoms with Crippen molar-refractivity contribution in [1.29, 1.82) is 0 Å². The molecule has 3 rings (SSSR count). The summed E-state index contributed by atoms with van der Waals surface area (Å²) in [5.41, 5.74) is 1.27. The monoisotopic (exact) mass is 233 g/mol. The Morgan fingerprint density at radius 1 is 1.18 bits per heavy atom. The summed E-state index contributed by atoms with van der Waals surface area (Å²) in [5, 5.41) is 3.58. The molecular formula is C14H19NO2. The van der Waals surface area contributed by atoms with Crippen LogP contribution in [-0.4, -0.2) is 19.3 Å². The average Bonchev–Trinajstić information content (AvgIpc) is 2.33. The topological polar surface area (TPSA) is 30.5 Å². The van der Waals surface area contributed by atoms with Crippen LogP contribution in [0.15, 0.2) is 18.2 Å². The number of hydrogen-bond donors (Lipinski definition) is 1. The van der Waals surface area contributed by atoms with E-state index >= 15 is 0 Å². The quantitative estimate of drug-likeness (QED) is 0.869. The van der Waals surface area contributed by atoms with E-state index < -0.39 is 0 Å². The molecule has 2 aliphatic rings. The highest BCUT2D eigenvalue weighted by molar-refractivity contribution is 5.43. The first-order valence-corrected chi connectivity index (χ1v) is 6.43. The minimum atomic E-state index is 0.657. The van der Waals surface area contributed by atoms with Crippen molar-refractivity contribution < 1.29 is 9.47 Å². The van der Waals surface area contributed by atoms with Gasteiger partial charge in [0.1, 0.15) is 13.2 Å². The molecule has 0 aromatic heterocycles. The van der Waals surface area contributed by atoms with Gasteiger partial charge in [0.15, 0.2) is 11.5 Å². The standard InChI is InChI=1S/C14H19NO2/c1-10-6-12(7-10)15-9-11-2-3-13-14(8-11)17-5-4-16-13/h2-3,8,10,12,15H,4-7,9H2,1H3. The molecule has 0 spiro atoms. The van der Waals surface area contributed by atoms with Crippen molar-refractivity contribution in [2.24, 2.45) is 5.92 Å². The van der Waals surface area contributed by atoms with Crippen molar-refractivity contribution in [3.05, 3.63) is 23.8 Å². The molecule has 1 aromatic carbocycles. The molecule has 1 N–H and O–H groups in total. The number of ether oxygens (including phenoxy) is 2. The van der Waals surface area contributed by atoms with Gasteiger partial charge in [0, 0.05) is 12.6 Å². The Kier molecular flexibility index (Phi) is 2.93. The Hall–Kier alpha value is -1.22. The molecule has 0 radical (unpaired) electrons. The van der Waals surface area contributed by atoms with Gasteiger partial charge in [-0.2, -0.15) is 0 Å². The van der Waals surface area contributed by atoms with Crippen molar-refractivity contribution in [3.63, 3.8) is 0 Å². The van der Waals surface area contributed by atoms with E-state index in [-0.39, 0.29) is 0 Å². The van der Waals surface area contributed by atoms with E-state index in [1.165, 1.54) is 18.4 Å². The fourth-order valence-corrected chi connectivity index (χ4v) is 2.53. The van der Waals surface area contributed by atoms with Gasteiger partial charge in [-0.05, 0) is 36.5 Å². The van der Waals surface area contributed by atoms with Gasteiger partial charge in [-0.3, -0.25) is 0 Å². The van der Waals surface area contributed by atoms with Gasteiger partial charge < -0.3 is 14.8 Å². The van der Waals surface area contributed by atoms with Crippen LogP contribution in [0.4, 0.5) is 0 Å². The molecule has 1 aliphatic carbocycles. The smallest absolute Gasteiger partial charge is 0.161 e. The van der Waals surface area contributed by atoms with Crippen LogP contribution in [-0.2, 0) is 6.54 Å². The van der Waals surface area contributed by atoms with Crippen LogP contribution in [0, 0.1) is 5.92 Å². The molecule has 0 bridgehead atoms. The minimum Gasteiger partial charge on any atom is -0.486 e. The molecule has 0 atom stereocenters. The molecule has 3 nitrogen and oxygen atoms in total. The summed E-state index contributed by atoms with van der Waals surface area (Å²) in [6.45, 7) is 4.55. The first kappa shape index (κ1) is 10.9. The van der Waals surface area contributed by atoms with Crippen molar-refractivity contribution in [1.82, 2.24) is 5.32 Å². The van der Waals surface area contributed by atoms with Crippen molar-refractivity contribution in [3.8, 4) is 11.5 Å². The van der Waals surface area contributed by atoms with Crippen LogP contribution in [0.25, 0.3) is 0 Å². The number of rotatable bonds is 3. The fourth-order valence-electron chi connectivity index (χ4n) is 2.53. The fraction of sp³-hybridized carbons (Fsp3) is 0.571. The average molecular weight is 233 g/mol. The second-order valence-electron chi connectivity index (χ2n) is 5.13. The Morgan fingerprint density at radius 3 is 2.71 bits per heavy atom. The van der Waals surface area contributed by atoms with Crippen LogP contribution in [0.1, 0.15) is 25.3 Å². The summed E-state index contributed by atoms with van der Waals surface area (Å²) in [6, 6.07) is 6.92. The summed E-state index contributed by atoms with van der Waals surface area (Å²) in [4.78, 5) is 0. The zero-order chi connectivity index (χ0) is 11.7. The van der Waals surface area contributed by atoms with Crippen molar-refractivity contribution in [2.45, 2.75) is 32.4 Å². The molecule has 1 fully saturated rings. The summed E-state index contributed by atoms with van der Waals surface area (Å²) in [7, 11) is 0. The van der Waals surface area contributed by atoms with Gasteiger partial charge in [0.2, 0.25) is 0 Å². The Balaban J connectivity index is 1.59. The zero-order valence-corrected chi connectivity index (χ0v) is 10.2. The summed E-state index contributed by atoms with van der Waals surface area (Å²) >= 11 is 0. The molecule has 3 heteroatoms. The predicted molar refractivity (Wildman–Crippen MR) is 66.5 cm³/mol. The lowest BCUT2D eigenvalue weighted by molar-refractivity contribution is 0.171. The van der Waals surface area contributed by atoms with Gasteiger partial charge in [-0.15, -0.1) is 0 Å². The molecule has 0 saturated heterocycles. The van der Waals surface area contributed by atoms with E-state index in [1.54, 1.807) is 0 Å². The van der Waals surface area contributed by atoms with E-state index in [0.717, 1.165) is 24.0 Å². The maximum atomic E-state index is 5.58. The molecule has 1 aromatic rings. The van der Waals surface area contributed by atoms with Gasteiger partial charge >= 0.3 is 0 Å². The first-order valence-electron chi connectivity index (χ1n) is 6.43. The van der Waals surface area contributed by atoms with Gasteiger partial charge in [-0.25, -0.2) is 0 Å². The highest BCUT2D eigenvalue weighted by atomic mass is 16.6. The number of benzene rings is 1. The highest BCUT2D eigenvalue weighted by Crippen LogP contribution is 2.31. The lowest BCUT2D eigenvalue weighted by Gasteiger charge is -2.33. The van der Waals surface area contributed by atoms with E-state index in [9.17, 15) is 0 Å². The molecular weight excluding hydrogens is 214 g/mol. The molecule has 1 heterocycles. The minimum absolute atomic E-state index is 0.657. The van der Waals surface area contributed by atoms with Gasteiger partial charge in [0.25, 0.3) is 0 Å². The highest BCUT2D eigenvalue weighted by Gasteiger charge is 2.24. The number of hydrogen-bond acceptors (Lipinski definition) is 3. The Morgan fingerprint density at radius 2 is 1.94 bits per heavy atom. The van der Waals surface area contributed by atoms with Gasteiger partial charge in [-0.1, -0.05) is 13.0 Å². The first-order chi connectivity index (χ1) is 8.31. The second-order valence-corrected chi connectivity index (χ2v) is 5.13. The van der Waals surface area contributed by atoms with E-state index in [1.807, 2.05) is 6.07 Å². The largest absolute Gasteiger partial charge is 0.486 e. The molecule has 0 amide bonds. The lowest BCUT2D eigenvalue weighted by atomic mass is 9.82. The zero-order valence-electron chi connectivity index (χ0n) is 10.2. The van der Waals surface area contributed by atoms with Gasteiger partial charge in [0.05, 0.1) is 0 Å². The predicted octanol–water partition coefficient (Wildman–Crippen LogP) is 2.35. The third kappa shape index (κ3) is 2.39. The maximum absolute atomic E-state index is 5.58.